The van der Waals surface area contributed by atoms with E-state index in [0.717, 1.165) is 11.3 Å². The highest BCUT2D eigenvalue weighted by Gasteiger charge is 2.23. The van der Waals surface area contributed by atoms with Gasteiger partial charge in [-0.25, -0.2) is 9.97 Å². The van der Waals surface area contributed by atoms with Crippen molar-refractivity contribution in [3.8, 4) is 17.2 Å². The van der Waals surface area contributed by atoms with Gasteiger partial charge in [0.2, 0.25) is 6.29 Å². The van der Waals surface area contributed by atoms with Gasteiger partial charge in [0, 0.05) is 5.56 Å². The number of hydrogen-bond donors (Lipinski definition) is 0. The van der Waals surface area contributed by atoms with Gasteiger partial charge in [-0.2, -0.15) is 0 Å². The lowest BCUT2D eigenvalue weighted by Gasteiger charge is -2.25. The molecule has 0 spiro atoms. The van der Waals surface area contributed by atoms with Crippen molar-refractivity contribution >= 4 is 0 Å². The Morgan fingerprint density at radius 1 is 1.05 bits per heavy atom. The molecule has 0 amide bonds. The van der Waals surface area contributed by atoms with E-state index in [0.29, 0.717) is 23.8 Å². The third-order valence-electron chi connectivity index (χ3n) is 3.30. The fourth-order valence-electron chi connectivity index (χ4n) is 2.26. The summed E-state index contributed by atoms with van der Waals surface area (Å²) >= 11 is 0. The van der Waals surface area contributed by atoms with Crippen LogP contribution in [-0.2, 0) is 11.3 Å². The van der Waals surface area contributed by atoms with Gasteiger partial charge in [-0.15, -0.1) is 0 Å². The SMILES string of the molecule is c1coc(-c2cc(C3OCc4ccccc4O3)ncn2)c1. The fourth-order valence-corrected chi connectivity index (χ4v) is 2.26. The predicted molar refractivity (Wildman–Crippen MR) is 74.3 cm³/mol. The van der Waals surface area contributed by atoms with Crippen LogP contribution in [0.5, 0.6) is 5.75 Å². The van der Waals surface area contributed by atoms with E-state index in [2.05, 4.69) is 9.97 Å². The molecule has 1 aromatic carbocycles. The molecule has 1 atom stereocenters. The van der Waals surface area contributed by atoms with Crippen LogP contribution in [0.4, 0.5) is 0 Å². The summed E-state index contributed by atoms with van der Waals surface area (Å²) in [5.41, 5.74) is 2.41. The first-order chi connectivity index (χ1) is 10.4. The maximum atomic E-state index is 5.85. The van der Waals surface area contributed by atoms with Crippen LogP contribution in [0.1, 0.15) is 17.5 Å². The molecule has 0 N–H and O–H groups in total. The number of benzene rings is 1. The monoisotopic (exact) mass is 280 g/mol. The van der Waals surface area contributed by atoms with Gasteiger partial charge in [0.15, 0.2) is 5.76 Å². The molecule has 104 valence electrons. The number of fused-ring (bicyclic) bond motifs is 1. The Hall–Kier alpha value is -2.66. The van der Waals surface area contributed by atoms with Crippen molar-refractivity contribution < 1.29 is 13.9 Å². The zero-order chi connectivity index (χ0) is 14.1. The van der Waals surface area contributed by atoms with E-state index in [1.54, 1.807) is 6.26 Å². The number of rotatable bonds is 2. The molecule has 1 aliphatic rings. The number of ether oxygens (including phenoxy) is 2. The van der Waals surface area contributed by atoms with Crippen LogP contribution in [-0.4, -0.2) is 9.97 Å². The number of aromatic nitrogens is 2. The van der Waals surface area contributed by atoms with E-state index < -0.39 is 6.29 Å². The lowest BCUT2D eigenvalue weighted by atomic mass is 10.2. The molecule has 0 fully saturated rings. The second-order valence-corrected chi connectivity index (χ2v) is 4.67. The number of nitrogens with zero attached hydrogens (tertiary/aromatic N) is 2. The van der Waals surface area contributed by atoms with E-state index in [1.807, 2.05) is 42.5 Å². The number of para-hydroxylation sites is 1. The van der Waals surface area contributed by atoms with Crippen LogP contribution in [0, 0.1) is 0 Å². The highest BCUT2D eigenvalue weighted by molar-refractivity contribution is 5.51. The summed E-state index contributed by atoms with van der Waals surface area (Å²) in [6.07, 6.45) is 2.57. The van der Waals surface area contributed by atoms with E-state index in [-0.39, 0.29) is 0 Å². The summed E-state index contributed by atoms with van der Waals surface area (Å²) in [4.78, 5) is 8.45. The van der Waals surface area contributed by atoms with Gasteiger partial charge in [-0.3, -0.25) is 0 Å². The first kappa shape index (κ1) is 12.1. The van der Waals surface area contributed by atoms with Crippen molar-refractivity contribution in [1.29, 1.82) is 0 Å². The fraction of sp³-hybridized carbons (Fsp3) is 0.125. The van der Waals surface area contributed by atoms with Crippen LogP contribution in [0.2, 0.25) is 0 Å². The molecule has 0 bridgehead atoms. The van der Waals surface area contributed by atoms with Crippen LogP contribution in [0.3, 0.4) is 0 Å². The van der Waals surface area contributed by atoms with Crippen molar-refractivity contribution in [1.82, 2.24) is 9.97 Å². The maximum Gasteiger partial charge on any atom is 0.244 e. The van der Waals surface area contributed by atoms with Crippen molar-refractivity contribution in [2.75, 3.05) is 0 Å². The third-order valence-corrected chi connectivity index (χ3v) is 3.30. The van der Waals surface area contributed by atoms with Crippen molar-refractivity contribution in [2.24, 2.45) is 0 Å². The summed E-state index contributed by atoms with van der Waals surface area (Å²) in [7, 11) is 0. The first-order valence-electron chi connectivity index (χ1n) is 6.62. The van der Waals surface area contributed by atoms with Gasteiger partial charge in [-0.05, 0) is 24.3 Å². The molecule has 4 rings (SSSR count). The molecule has 3 aromatic rings. The molecular weight excluding hydrogens is 268 g/mol. The quantitative estimate of drug-likeness (QED) is 0.720. The minimum atomic E-state index is -0.531. The normalized spacial score (nSPS) is 17.0. The summed E-state index contributed by atoms with van der Waals surface area (Å²) < 4.78 is 16.9. The standard InChI is InChI=1S/C16H12N2O3/c1-2-5-14-11(4-1)9-20-16(21-14)13-8-12(17-10-18-13)15-6-3-7-19-15/h1-8,10,16H,9H2. The molecule has 0 saturated heterocycles. The molecule has 0 radical (unpaired) electrons. The van der Waals surface area contributed by atoms with Gasteiger partial charge in [-0.1, -0.05) is 18.2 Å². The van der Waals surface area contributed by atoms with Gasteiger partial charge in [0.25, 0.3) is 0 Å². The third kappa shape index (κ3) is 2.28. The summed E-state index contributed by atoms with van der Waals surface area (Å²) in [6.45, 7) is 0.501. The van der Waals surface area contributed by atoms with Crippen LogP contribution in [0.25, 0.3) is 11.5 Å². The smallest absolute Gasteiger partial charge is 0.244 e. The van der Waals surface area contributed by atoms with E-state index in [9.17, 15) is 0 Å². The molecule has 2 aromatic heterocycles. The minimum Gasteiger partial charge on any atom is -0.463 e. The average molecular weight is 280 g/mol. The van der Waals surface area contributed by atoms with Gasteiger partial charge in [0.05, 0.1) is 12.9 Å². The lowest BCUT2D eigenvalue weighted by Crippen LogP contribution is -2.19. The highest BCUT2D eigenvalue weighted by Crippen LogP contribution is 2.32. The molecule has 1 unspecified atom stereocenters. The minimum absolute atomic E-state index is 0.501. The van der Waals surface area contributed by atoms with Gasteiger partial charge < -0.3 is 13.9 Å². The lowest BCUT2D eigenvalue weighted by molar-refractivity contribution is -0.114. The van der Waals surface area contributed by atoms with Crippen molar-refractivity contribution in [3.05, 3.63) is 66.3 Å². The molecular formula is C16H12N2O3. The number of hydrogen-bond acceptors (Lipinski definition) is 5. The zero-order valence-electron chi connectivity index (χ0n) is 11.1. The van der Waals surface area contributed by atoms with Gasteiger partial charge >= 0.3 is 0 Å². The molecule has 1 aliphatic heterocycles. The van der Waals surface area contributed by atoms with Gasteiger partial charge in [0.1, 0.15) is 23.5 Å². The molecule has 0 saturated carbocycles. The summed E-state index contributed by atoms with van der Waals surface area (Å²) in [5, 5.41) is 0. The molecule has 21 heavy (non-hydrogen) atoms. The van der Waals surface area contributed by atoms with Crippen LogP contribution >= 0.6 is 0 Å². The van der Waals surface area contributed by atoms with E-state index in [1.165, 1.54) is 6.33 Å². The molecule has 5 nitrogen and oxygen atoms in total. The topological polar surface area (TPSA) is 57.4 Å². The molecule has 5 heteroatoms. The second kappa shape index (κ2) is 5.03. The van der Waals surface area contributed by atoms with E-state index in [4.69, 9.17) is 13.9 Å². The Balaban J connectivity index is 1.65. The first-order valence-corrected chi connectivity index (χ1v) is 6.62. The molecule has 0 aliphatic carbocycles. The second-order valence-electron chi connectivity index (χ2n) is 4.67. The van der Waals surface area contributed by atoms with Crippen LogP contribution in [0.15, 0.2) is 59.5 Å². The Morgan fingerprint density at radius 2 is 2.00 bits per heavy atom. The summed E-state index contributed by atoms with van der Waals surface area (Å²) in [6, 6.07) is 13.3. The predicted octanol–water partition coefficient (Wildman–Crippen LogP) is 3.34. The number of furan rings is 1. The van der Waals surface area contributed by atoms with Crippen molar-refractivity contribution in [3.63, 3.8) is 0 Å². The van der Waals surface area contributed by atoms with E-state index >= 15 is 0 Å². The highest BCUT2D eigenvalue weighted by atomic mass is 16.7. The van der Waals surface area contributed by atoms with Crippen LogP contribution < -0.4 is 4.74 Å². The average Bonchev–Trinajstić information content (AvgIpc) is 3.09. The Labute approximate surface area is 121 Å². The zero-order valence-corrected chi connectivity index (χ0v) is 11.1. The largest absolute Gasteiger partial charge is 0.463 e. The Bertz CT molecular complexity index is 756. The van der Waals surface area contributed by atoms with Crippen molar-refractivity contribution in [2.45, 2.75) is 12.9 Å². The Kier molecular flexibility index (Phi) is 2.90. The maximum absolute atomic E-state index is 5.85. The molecule has 3 heterocycles. The summed E-state index contributed by atoms with van der Waals surface area (Å²) in [5.74, 6) is 1.52. The Morgan fingerprint density at radius 3 is 2.90 bits per heavy atom.